The molecule has 2 amide bonds. The van der Waals surface area contributed by atoms with Crippen LogP contribution in [-0.4, -0.2) is 28.3 Å². The van der Waals surface area contributed by atoms with Crippen LogP contribution in [-0.2, 0) is 6.42 Å². The molecule has 3 N–H and O–H groups in total. The summed E-state index contributed by atoms with van der Waals surface area (Å²) in [5.74, 6) is 0.757. The molecule has 9 nitrogen and oxygen atoms in total. The molecule has 144 valence electrons. The first kappa shape index (κ1) is 18.9. The molecule has 1 atom stereocenters. The zero-order valence-electron chi connectivity index (χ0n) is 15.1. The van der Waals surface area contributed by atoms with Crippen LogP contribution < -0.4 is 15.4 Å². The molecule has 0 aliphatic rings. The van der Waals surface area contributed by atoms with Gasteiger partial charge in [-0.1, -0.05) is 12.1 Å². The molecule has 0 aliphatic carbocycles. The topological polar surface area (TPSA) is 122 Å². The molecule has 1 heterocycles. The highest BCUT2D eigenvalue weighted by atomic mass is 16.6. The predicted molar refractivity (Wildman–Crippen MR) is 103 cm³/mol. The number of nitrogens with zero attached hydrogens (tertiary/aromatic N) is 2. The number of ether oxygens (including phenoxy) is 1. The van der Waals surface area contributed by atoms with E-state index in [0.717, 1.165) is 16.9 Å². The maximum Gasteiger partial charge on any atom is 0.319 e. The van der Waals surface area contributed by atoms with Gasteiger partial charge in [0.15, 0.2) is 0 Å². The first-order valence-electron chi connectivity index (χ1n) is 8.48. The van der Waals surface area contributed by atoms with E-state index in [1.807, 2.05) is 24.3 Å². The standard InChI is InChI=1S/C19H19N5O4/c1-28-17-8-2-13(3-9-17)10-18(14-11-20-21-12-14)23-19(25)22-15-4-6-16(7-5-15)24(26)27/h2-9,11-12,18H,10H2,1H3,(H,20,21)(H2,22,23,25). The van der Waals surface area contributed by atoms with Gasteiger partial charge in [0.1, 0.15) is 5.75 Å². The Morgan fingerprint density at radius 1 is 1.21 bits per heavy atom. The van der Waals surface area contributed by atoms with Gasteiger partial charge in [-0.05, 0) is 36.2 Å². The van der Waals surface area contributed by atoms with Crippen LogP contribution >= 0.6 is 0 Å². The molecule has 0 saturated heterocycles. The van der Waals surface area contributed by atoms with E-state index in [1.165, 1.54) is 24.3 Å². The van der Waals surface area contributed by atoms with E-state index < -0.39 is 11.0 Å². The van der Waals surface area contributed by atoms with Crippen molar-refractivity contribution in [1.82, 2.24) is 15.5 Å². The number of urea groups is 1. The van der Waals surface area contributed by atoms with Crippen LogP contribution in [0.5, 0.6) is 5.75 Å². The van der Waals surface area contributed by atoms with Crippen molar-refractivity contribution in [3.8, 4) is 5.75 Å². The van der Waals surface area contributed by atoms with Crippen molar-refractivity contribution in [2.75, 3.05) is 12.4 Å². The second kappa shape index (κ2) is 8.67. The van der Waals surface area contributed by atoms with E-state index in [4.69, 9.17) is 4.74 Å². The Morgan fingerprint density at radius 3 is 2.50 bits per heavy atom. The summed E-state index contributed by atoms with van der Waals surface area (Å²) >= 11 is 0. The Hall–Kier alpha value is -3.88. The van der Waals surface area contributed by atoms with E-state index in [-0.39, 0.29) is 11.7 Å². The van der Waals surface area contributed by atoms with E-state index in [2.05, 4.69) is 20.8 Å². The van der Waals surface area contributed by atoms with Crippen molar-refractivity contribution < 1.29 is 14.5 Å². The number of rotatable bonds is 7. The quantitative estimate of drug-likeness (QED) is 0.427. The van der Waals surface area contributed by atoms with Crippen LogP contribution in [0.2, 0.25) is 0 Å². The smallest absolute Gasteiger partial charge is 0.319 e. The highest BCUT2D eigenvalue weighted by Crippen LogP contribution is 2.20. The zero-order valence-corrected chi connectivity index (χ0v) is 15.1. The lowest BCUT2D eigenvalue weighted by Crippen LogP contribution is -2.33. The molecule has 1 aromatic heterocycles. The number of H-pyrrole nitrogens is 1. The second-order valence-electron chi connectivity index (χ2n) is 6.04. The molecule has 0 bridgehead atoms. The lowest BCUT2D eigenvalue weighted by molar-refractivity contribution is -0.384. The minimum atomic E-state index is -0.492. The Kier molecular flexibility index (Phi) is 5.85. The fourth-order valence-corrected chi connectivity index (χ4v) is 2.69. The van der Waals surface area contributed by atoms with E-state index in [9.17, 15) is 14.9 Å². The molecule has 0 saturated carbocycles. The SMILES string of the molecule is COc1ccc(CC(NC(=O)Nc2ccc([N+](=O)[O-])cc2)c2cn[nH]c2)cc1. The third kappa shape index (κ3) is 4.85. The van der Waals surface area contributed by atoms with Crippen molar-refractivity contribution in [2.24, 2.45) is 0 Å². The average molecular weight is 381 g/mol. The van der Waals surface area contributed by atoms with Crippen LogP contribution in [0.4, 0.5) is 16.2 Å². The number of hydrogen-bond acceptors (Lipinski definition) is 5. The molecule has 2 aromatic carbocycles. The third-order valence-corrected chi connectivity index (χ3v) is 4.16. The molecule has 0 spiro atoms. The van der Waals surface area contributed by atoms with E-state index >= 15 is 0 Å². The number of benzene rings is 2. The fraction of sp³-hybridized carbons (Fsp3) is 0.158. The Bertz CT molecular complexity index is 924. The van der Waals surface area contributed by atoms with Crippen molar-refractivity contribution in [2.45, 2.75) is 12.5 Å². The lowest BCUT2D eigenvalue weighted by atomic mass is 10.0. The number of carbonyl (C=O) groups is 1. The van der Waals surface area contributed by atoms with Crippen LogP contribution in [0.25, 0.3) is 0 Å². The summed E-state index contributed by atoms with van der Waals surface area (Å²) in [6, 6.07) is 12.5. The Morgan fingerprint density at radius 2 is 1.93 bits per heavy atom. The minimum absolute atomic E-state index is 0.0401. The number of methoxy groups -OCH3 is 1. The van der Waals surface area contributed by atoms with Crippen LogP contribution in [0.15, 0.2) is 60.9 Å². The number of non-ortho nitro benzene ring substituents is 1. The van der Waals surface area contributed by atoms with Gasteiger partial charge in [-0.15, -0.1) is 0 Å². The van der Waals surface area contributed by atoms with Crippen LogP contribution in [0.1, 0.15) is 17.2 Å². The van der Waals surface area contributed by atoms with Gasteiger partial charge >= 0.3 is 6.03 Å². The summed E-state index contributed by atoms with van der Waals surface area (Å²) < 4.78 is 5.16. The normalized spacial score (nSPS) is 11.5. The number of aromatic amines is 1. The lowest BCUT2D eigenvalue weighted by Gasteiger charge is -2.18. The molecule has 3 rings (SSSR count). The van der Waals surface area contributed by atoms with Crippen molar-refractivity contribution in [3.05, 3.63) is 82.2 Å². The Labute approximate surface area is 160 Å². The van der Waals surface area contributed by atoms with Crippen molar-refractivity contribution in [3.63, 3.8) is 0 Å². The largest absolute Gasteiger partial charge is 0.497 e. The molecule has 0 fully saturated rings. The number of nitrogens with one attached hydrogen (secondary N) is 3. The number of hydrogen-bond donors (Lipinski definition) is 3. The van der Waals surface area contributed by atoms with Gasteiger partial charge in [-0.2, -0.15) is 5.10 Å². The van der Waals surface area contributed by atoms with E-state index in [1.54, 1.807) is 19.5 Å². The predicted octanol–water partition coefficient (Wildman–Crippen LogP) is 3.43. The van der Waals surface area contributed by atoms with Gasteiger partial charge in [0.25, 0.3) is 5.69 Å². The molecular weight excluding hydrogens is 362 g/mol. The first-order chi connectivity index (χ1) is 13.5. The van der Waals surface area contributed by atoms with Crippen molar-refractivity contribution >= 4 is 17.4 Å². The average Bonchev–Trinajstić information content (AvgIpc) is 3.23. The molecule has 3 aromatic rings. The van der Waals surface area contributed by atoms with Gasteiger partial charge in [-0.25, -0.2) is 4.79 Å². The molecule has 9 heteroatoms. The van der Waals surface area contributed by atoms with Crippen molar-refractivity contribution in [1.29, 1.82) is 0 Å². The zero-order chi connectivity index (χ0) is 19.9. The third-order valence-electron chi connectivity index (χ3n) is 4.16. The summed E-state index contributed by atoms with van der Waals surface area (Å²) in [7, 11) is 1.60. The fourth-order valence-electron chi connectivity index (χ4n) is 2.69. The molecule has 28 heavy (non-hydrogen) atoms. The summed E-state index contributed by atoms with van der Waals surface area (Å²) in [4.78, 5) is 22.6. The second-order valence-corrected chi connectivity index (χ2v) is 6.04. The number of aromatic nitrogens is 2. The number of nitro groups is 1. The number of nitro benzene ring substituents is 1. The summed E-state index contributed by atoms with van der Waals surface area (Å²) in [6.45, 7) is 0. The van der Waals surface area contributed by atoms with Crippen LogP contribution in [0.3, 0.4) is 0 Å². The summed E-state index contributed by atoms with van der Waals surface area (Å²) in [6.07, 6.45) is 3.93. The molecule has 0 aliphatic heterocycles. The Balaban J connectivity index is 1.68. The first-order valence-corrected chi connectivity index (χ1v) is 8.48. The van der Waals surface area contributed by atoms with Gasteiger partial charge < -0.3 is 15.4 Å². The molecule has 1 unspecified atom stereocenters. The van der Waals surface area contributed by atoms with Gasteiger partial charge in [0, 0.05) is 29.6 Å². The molecular formula is C19H19N5O4. The number of anilines is 1. The molecule has 0 radical (unpaired) electrons. The highest BCUT2D eigenvalue weighted by molar-refractivity contribution is 5.89. The number of carbonyl (C=O) groups excluding carboxylic acids is 1. The van der Waals surface area contributed by atoms with Gasteiger partial charge in [-0.3, -0.25) is 15.2 Å². The monoisotopic (exact) mass is 381 g/mol. The van der Waals surface area contributed by atoms with E-state index in [0.29, 0.717) is 12.1 Å². The number of amides is 2. The maximum absolute atomic E-state index is 12.4. The minimum Gasteiger partial charge on any atom is -0.497 e. The summed E-state index contributed by atoms with van der Waals surface area (Å²) in [5, 5.41) is 23.0. The highest BCUT2D eigenvalue weighted by Gasteiger charge is 2.17. The van der Waals surface area contributed by atoms with Crippen LogP contribution in [0, 0.1) is 10.1 Å². The van der Waals surface area contributed by atoms with Gasteiger partial charge in [0.05, 0.1) is 24.3 Å². The maximum atomic E-state index is 12.4. The van der Waals surface area contributed by atoms with Gasteiger partial charge in [0.2, 0.25) is 0 Å². The summed E-state index contributed by atoms with van der Waals surface area (Å²) in [5.41, 5.74) is 2.26.